The second kappa shape index (κ2) is 6.58. The third-order valence-electron chi connectivity index (χ3n) is 5.08. The molecule has 23 heavy (non-hydrogen) atoms. The molecule has 2 fully saturated rings. The first-order chi connectivity index (χ1) is 11.0. The maximum absolute atomic E-state index is 11.2. The highest BCUT2D eigenvalue weighted by molar-refractivity contribution is 5.88. The first kappa shape index (κ1) is 15.8. The quantitative estimate of drug-likeness (QED) is 0.678. The highest BCUT2D eigenvalue weighted by Crippen LogP contribution is 2.36. The molecule has 1 aliphatic heterocycles. The van der Waals surface area contributed by atoms with Crippen molar-refractivity contribution >= 4 is 17.6 Å². The van der Waals surface area contributed by atoms with Gasteiger partial charge in [-0.3, -0.25) is 4.79 Å². The zero-order valence-electron chi connectivity index (χ0n) is 12.9. The standard InChI is InChI=1S/C17H22N2O4/c20-16(21)10-2-1-3-13(6-10)19-14-5-4-11-9-18-15(17(22)23)8-12(11)7-14/h1-3,6,11-12,14-15,18-19H,4-5,7-9H2,(H,20,21)(H,22,23). The Morgan fingerprint density at radius 2 is 1.96 bits per heavy atom. The summed E-state index contributed by atoms with van der Waals surface area (Å²) in [5.41, 5.74) is 1.09. The Labute approximate surface area is 134 Å². The molecule has 6 nitrogen and oxygen atoms in total. The lowest BCUT2D eigenvalue weighted by Crippen LogP contribution is -2.50. The number of piperidine rings is 1. The highest BCUT2D eigenvalue weighted by Gasteiger charge is 2.37. The van der Waals surface area contributed by atoms with Crippen LogP contribution in [0.1, 0.15) is 36.0 Å². The fraction of sp³-hybridized carbons (Fsp3) is 0.529. The van der Waals surface area contributed by atoms with Gasteiger partial charge in [0.05, 0.1) is 5.56 Å². The molecule has 1 aromatic carbocycles. The first-order valence-corrected chi connectivity index (χ1v) is 8.09. The molecule has 4 atom stereocenters. The number of carbonyl (C=O) groups is 2. The van der Waals surface area contributed by atoms with Crippen LogP contribution in [0.5, 0.6) is 0 Å². The van der Waals surface area contributed by atoms with Crippen LogP contribution in [-0.2, 0) is 4.79 Å². The second-order valence-corrected chi connectivity index (χ2v) is 6.60. The van der Waals surface area contributed by atoms with Crippen LogP contribution in [0.15, 0.2) is 24.3 Å². The molecule has 4 N–H and O–H groups in total. The molecule has 2 aliphatic rings. The summed E-state index contributed by atoms with van der Waals surface area (Å²) in [6, 6.07) is 6.67. The van der Waals surface area contributed by atoms with Crippen LogP contribution in [0.3, 0.4) is 0 Å². The molecular formula is C17H22N2O4. The molecule has 1 saturated carbocycles. The van der Waals surface area contributed by atoms with E-state index >= 15 is 0 Å². The number of aliphatic carboxylic acids is 1. The van der Waals surface area contributed by atoms with Crippen molar-refractivity contribution in [3.63, 3.8) is 0 Å². The van der Waals surface area contributed by atoms with E-state index in [-0.39, 0.29) is 11.6 Å². The van der Waals surface area contributed by atoms with E-state index in [1.54, 1.807) is 18.2 Å². The Morgan fingerprint density at radius 1 is 1.13 bits per heavy atom. The van der Waals surface area contributed by atoms with Gasteiger partial charge in [0.2, 0.25) is 0 Å². The third kappa shape index (κ3) is 3.64. The molecule has 6 heteroatoms. The Balaban J connectivity index is 1.63. The van der Waals surface area contributed by atoms with Crippen LogP contribution >= 0.6 is 0 Å². The first-order valence-electron chi connectivity index (χ1n) is 8.09. The number of carboxylic acids is 2. The van der Waals surface area contributed by atoms with Crippen molar-refractivity contribution in [1.82, 2.24) is 5.32 Å². The molecule has 1 aromatic rings. The van der Waals surface area contributed by atoms with Gasteiger partial charge in [0.15, 0.2) is 0 Å². The van der Waals surface area contributed by atoms with Gasteiger partial charge in [0.25, 0.3) is 0 Å². The minimum Gasteiger partial charge on any atom is -0.480 e. The van der Waals surface area contributed by atoms with Crippen LogP contribution in [0.25, 0.3) is 0 Å². The van der Waals surface area contributed by atoms with Crippen LogP contribution in [0.2, 0.25) is 0 Å². The van der Waals surface area contributed by atoms with E-state index in [9.17, 15) is 14.7 Å². The van der Waals surface area contributed by atoms with Gasteiger partial charge in [-0.05, 0) is 62.3 Å². The van der Waals surface area contributed by atoms with Crippen LogP contribution in [0.4, 0.5) is 5.69 Å². The summed E-state index contributed by atoms with van der Waals surface area (Å²) in [5.74, 6) is -0.743. The van der Waals surface area contributed by atoms with Crippen molar-refractivity contribution in [2.45, 2.75) is 37.8 Å². The topological polar surface area (TPSA) is 98.7 Å². The minimum absolute atomic E-state index is 0.271. The largest absolute Gasteiger partial charge is 0.480 e. The maximum Gasteiger partial charge on any atom is 0.335 e. The summed E-state index contributed by atoms with van der Waals surface area (Å²) in [7, 11) is 0. The lowest BCUT2D eigenvalue weighted by atomic mass is 9.72. The number of anilines is 1. The molecular weight excluding hydrogens is 296 g/mol. The predicted molar refractivity (Wildman–Crippen MR) is 85.7 cm³/mol. The summed E-state index contributed by atoms with van der Waals surface area (Å²) in [5, 5.41) is 24.8. The zero-order chi connectivity index (χ0) is 16.4. The number of rotatable bonds is 4. The maximum atomic E-state index is 11.2. The van der Waals surface area contributed by atoms with Gasteiger partial charge >= 0.3 is 11.9 Å². The summed E-state index contributed by atoms with van der Waals surface area (Å²) in [4.78, 5) is 22.2. The zero-order valence-corrected chi connectivity index (χ0v) is 12.9. The molecule has 4 unspecified atom stereocenters. The highest BCUT2D eigenvalue weighted by atomic mass is 16.4. The number of nitrogens with one attached hydrogen (secondary N) is 2. The second-order valence-electron chi connectivity index (χ2n) is 6.60. The molecule has 1 saturated heterocycles. The summed E-state index contributed by atoms with van der Waals surface area (Å²) < 4.78 is 0. The molecule has 124 valence electrons. The van der Waals surface area contributed by atoms with Crippen molar-refractivity contribution in [2.24, 2.45) is 11.8 Å². The number of carboxylic acid groups (broad SMARTS) is 2. The molecule has 3 rings (SSSR count). The van der Waals surface area contributed by atoms with E-state index < -0.39 is 18.0 Å². The van der Waals surface area contributed by atoms with E-state index in [4.69, 9.17) is 5.11 Å². The van der Waals surface area contributed by atoms with Gasteiger partial charge in [-0.15, -0.1) is 0 Å². The number of hydrogen-bond donors (Lipinski definition) is 4. The van der Waals surface area contributed by atoms with Crippen LogP contribution in [-0.4, -0.2) is 40.8 Å². The molecule has 0 aromatic heterocycles. The predicted octanol–water partition coefficient (Wildman–Crippen LogP) is 2.03. The van der Waals surface area contributed by atoms with Crippen molar-refractivity contribution in [2.75, 3.05) is 11.9 Å². The van der Waals surface area contributed by atoms with Gasteiger partial charge in [-0.25, -0.2) is 4.79 Å². The van der Waals surface area contributed by atoms with Crippen molar-refractivity contribution < 1.29 is 19.8 Å². The monoisotopic (exact) mass is 318 g/mol. The van der Waals surface area contributed by atoms with Crippen molar-refractivity contribution in [1.29, 1.82) is 0 Å². The summed E-state index contributed by atoms with van der Waals surface area (Å²) in [6.07, 6.45) is 3.71. The number of aromatic carboxylic acids is 1. The molecule has 0 bridgehead atoms. The minimum atomic E-state index is -0.931. The van der Waals surface area contributed by atoms with Crippen LogP contribution in [0, 0.1) is 11.8 Å². The third-order valence-corrected chi connectivity index (χ3v) is 5.08. The Hall–Kier alpha value is -2.08. The van der Waals surface area contributed by atoms with E-state index in [1.165, 1.54) is 0 Å². The number of hydrogen-bond acceptors (Lipinski definition) is 4. The van der Waals surface area contributed by atoms with Gasteiger partial charge in [-0.1, -0.05) is 6.07 Å². The van der Waals surface area contributed by atoms with Gasteiger partial charge in [0.1, 0.15) is 6.04 Å². The van der Waals surface area contributed by atoms with Gasteiger partial charge in [0, 0.05) is 11.7 Å². The lowest BCUT2D eigenvalue weighted by molar-refractivity contribution is -0.141. The molecule has 0 spiro atoms. The fourth-order valence-electron chi connectivity index (χ4n) is 3.86. The van der Waals surface area contributed by atoms with Gasteiger partial charge in [-0.2, -0.15) is 0 Å². The van der Waals surface area contributed by atoms with Crippen LogP contribution < -0.4 is 10.6 Å². The molecule has 0 radical (unpaired) electrons. The average molecular weight is 318 g/mol. The van der Waals surface area contributed by atoms with E-state index in [0.29, 0.717) is 18.3 Å². The lowest BCUT2D eigenvalue weighted by Gasteiger charge is -2.42. The van der Waals surface area contributed by atoms with Crippen molar-refractivity contribution in [3.8, 4) is 0 Å². The Kier molecular flexibility index (Phi) is 4.52. The Morgan fingerprint density at radius 3 is 2.70 bits per heavy atom. The van der Waals surface area contributed by atoms with E-state index in [2.05, 4.69) is 10.6 Å². The molecule has 1 aliphatic carbocycles. The SMILES string of the molecule is O=C(O)c1cccc(NC2CCC3CNC(C(=O)O)CC3C2)c1. The fourth-order valence-corrected chi connectivity index (χ4v) is 3.86. The smallest absolute Gasteiger partial charge is 0.335 e. The Bertz CT molecular complexity index is 604. The molecule has 1 heterocycles. The number of fused-ring (bicyclic) bond motifs is 1. The van der Waals surface area contributed by atoms with Gasteiger partial charge < -0.3 is 20.8 Å². The summed E-state index contributed by atoms with van der Waals surface area (Å²) >= 11 is 0. The van der Waals surface area contributed by atoms with E-state index in [0.717, 1.165) is 31.5 Å². The number of benzene rings is 1. The van der Waals surface area contributed by atoms with Crippen molar-refractivity contribution in [3.05, 3.63) is 29.8 Å². The average Bonchev–Trinajstić information content (AvgIpc) is 2.54. The van der Waals surface area contributed by atoms with E-state index in [1.807, 2.05) is 6.07 Å². The molecule has 0 amide bonds. The summed E-state index contributed by atoms with van der Waals surface area (Å²) in [6.45, 7) is 0.781. The normalized spacial score (nSPS) is 30.3.